The van der Waals surface area contributed by atoms with Gasteiger partial charge in [-0.1, -0.05) is 53.5 Å². The van der Waals surface area contributed by atoms with Gasteiger partial charge in [0.1, 0.15) is 4.70 Å². The first-order valence-corrected chi connectivity index (χ1v) is 10.5. The molecule has 1 aliphatic rings. The number of aromatic nitrogens is 1. The van der Waals surface area contributed by atoms with E-state index in [1.807, 2.05) is 78.9 Å². The average Bonchev–Trinajstić information content (AvgIpc) is 3.21. The third-order valence-electron chi connectivity index (χ3n) is 5.25. The minimum Gasteiger partial charge on any atom is -0.872 e. The quantitative estimate of drug-likeness (QED) is 0.409. The van der Waals surface area contributed by atoms with Gasteiger partial charge in [0.25, 0.3) is 5.01 Å². The molecule has 4 nitrogen and oxygen atoms in total. The molecule has 144 valence electrons. The van der Waals surface area contributed by atoms with Crippen molar-refractivity contribution in [1.29, 1.82) is 0 Å². The van der Waals surface area contributed by atoms with E-state index in [-0.39, 0.29) is 24.6 Å². The largest absolute Gasteiger partial charge is 1.00 e. The third-order valence-corrected chi connectivity index (χ3v) is 6.35. The first kappa shape index (κ1) is 19.7. The number of hydrogen-bond donors (Lipinski definition) is 0. The van der Waals surface area contributed by atoms with Gasteiger partial charge < -0.3 is 14.7 Å². The zero-order valence-corrected chi connectivity index (χ0v) is 17.6. The van der Waals surface area contributed by atoms with Crippen LogP contribution in [0.25, 0.3) is 20.8 Å². The molecule has 0 fully saturated rings. The second-order valence-electron chi connectivity index (χ2n) is 7.11. The summed E-state index contributed by atoms with van der Waals surface area (Å²) in [6.07, 6.45) is 0. The number of benzene rings is 4. The Morgan fingerprint density at radius 2 is 1.42 bits per heavy atom. The van der Waals surface area contributed by atoms with E-state index in [1.54, 1.807) is 17.4 Å². The molecule has 0 amide bonds. The number of ether oxygens (including phenoxy) is 1. The van der Waals surface area contributed by atoms with E-state index in [0.717, 1.165) is 43.8 Å². The summed E-state index contributed by atoms with van der Waals surface area (Å²) in [6.45, 7) is 0. The van der Waals surface area contributed by atoms with Crippen LogP contribution in [0.4, 0.5) is 17.1 Å². The number of nitrogens with zero attached hydrogens (tertiary/aromatic N) is 1. The van der Waals surface area contributed by atoms with E-state index < -0.39 is 0 Å². The van der Waals surface area contributed by atoms with Crippen molar-refractivity contribution in [3.05, 3.63) is 91.0 Å². The van der Waals surface area contributed by atoms with Crippen molar-refractivity contribution in [2.24, 2.45) is 0 Å². The Kier molecular flexibility index (Phi) is 4.95. The second-order valence-corrected chi connectivity index (χ2v) is 8.16. The van der Waals surface area contributed by atoms with Crippen molar-refractivity contribution in [3.63, 3.8) is 0 Å². The van der Waals surface area contributed by atoms with Gasteiger partial charge in [-0.2, -0.15) is 4.98 Å². The van der Waals surface area contributed by atoms with Crippen LogP contribution in [0, 0.1) is 0 Å². The SMILES string of the molecule is [Li+].[O-]c1cc(N2c3ccccc3Oc3ccccc32)ccc1-c1[nH+]c2ccccc2s1. The van der Waals surface area contributed by atoms with Crippen LogP contribution in [0.3, 0.4) is 0 Å². The van der Waals surface area contributed by atoms with Crippen LogP contribution in [0.1, 0.15) is 0 Å². The predicted molar refractivity (Wildman–Crippen MR) is 118 cm³/mol. The Morgan fingerprint density at radius 3 is 2.10 bits per heavy atom. The summed E-state index contributed by atoms with van der Waals surface area (Å²) in [5.41, 5.74) is 4.36. The molecule has 0 atom stereocenters. The maximum atomic E-state index is 13.1. The number of nitrogens with one attached hydrogen (secondary N) is 1. The number of H-pyrrole nitrogens is 1. The van der Waals surface area contributed by atoms with Crippen LogP contribution >= 0.6 is 11.3 Å². The molecule has 5 aromatic rings. The predicted octanol–water partition coefficient (Wildman–Crippen LogP) is 3.04. The van der Waals surface area contributed by atoms with Gasteiger partial charge in [0.05, 0.1) is 11.4 Å². The maximum absolute atomic E-state index is 13.1. The summed E-state index contributed by atoms with van der Waals surface area (Å²) < 4.78 is 7.19. The zero-order valence-electron chi connectivity index (χ0n) is 16.8. The van der Waals surface area contributed by atoms with Crippen LogP contribution in [0.5, 0.6) is 17.2 Å². The molecule has 4 aromatic carbocycles. The fourth-order valence-corrected chi connectivity index (χ4v) is 4.89. The van der Waals surface area contributed by atoms with Crippen LogP contribution in [0.15, 0.2) is 91.0 Å². The number of hydrogen-bond acceptors (Lipinski definition) is 4. The molecule has 0 saturated carbocycles. The van der Waals surface area contributed by atoms with E-state index in [9.17, 15) is 5.11 Å². The summed E-state index contributed by atoms with van der Waals surface area (Å²) in [5, 5.41) is 14.0. The maximum Gasteiger partial charge on any atom is 1.00 e. The molecule has 0 aliphatic carbocycles. The molecular formula is C25H16LiN2O2S+. The molecule has 6 rings (SSSR count). The number of aromatic amines is 1. The average molecular weight is 415 g/mol. The standard InChI is InChI=1S/C25H16N2O2S.Li/c28-21-15-16(13-14-17(21)25-26-18-7-1-6-12-24(18)30-25)27-19-8-2-4-10-22(19)29-23-11-5-3-9-20(23)27;/h1-15,28H;/q;+1. The molecule has 2 heterocycles. The van der Waals surface area contributed by atoms with Crippen molar-refractivity contribution >= 4 is 38.6 Å². The number of fused-ring (bicyclic) bond motifs is 3. The molecule has 1 N–H and O–H groups in total. The van der Waals surface area contributed by atoms with Gasteiger partial charge in [0, 0.05) is 17.3 Å². The monoisotopic (exact) mass is 415 g/mol. The van der Waals surface area contributed by atoms with Crippen LogP contribution in [0.2, 0.25) is 0 Å². The molecule has 6 heteroatoms. The van der Waals surface area contributed by atoms with Gasteiger partial charge in [-0.3, -0.25) is 0 Å². The van der Waals surface area contributed by atoms with Gasteiger partial charge in [-0.25, -0.2) is 0 Å². The third kappa shape index (κ3) is 3.28. The number of para-hydroxylation sites is 5. The van der Waals surface area contributed by atoms with E-state index in [0.29, 0.717) is 5.56 Å². The molecule has 0 bridgehead atoms. The first-order chi connectivity index (χ1) is 14.8. The van der Waals surface area contributed by atoms with Gasteiger partial charge >= 0.3 is 18.9 Å². The normalized spacial score (nSPS) is 11.9. The minimum absolute atomic E-state index is 0. The van der Waals surface area contributed by atoms with Crippen molar-refractivity contribution in [3.8, 4) is 27.8 Å². The molecule has 0 saturated heterocycles. The Labute approximate surface area is 195 Å². The fraction of sp³-hybridized carbons (Fsp3) is 0. The molecule has 31 heavy (non-hydrogen) atoms. The Hall–Kier alpha value is -3.23. The zero-order chi connectivity index (χ0) is 20.1. The van der Waals surface area contributed by atoms with Crippen molar-refractivity contribution in [2.75, 3.05) is 4.90 Å². The van der Waals surface area contributed by atoms with Crippen molar-refractivity contribution < 1.29 is 33.7 Å². The summed E-state index contributed by atoms with van der Waals surface area (Å²) in [5.74, 6) is 1.52. The summed E-state index contributed by atoms with van der Waals surface area (Å²) in [7, 11) is 0. The Balaban J connectivity index is 0.00000204. The molecule has 1 aliphatic heterocycles. The topological polar surface area (TPSA) is 49.7 Å². The summed E-state index contributed by atoms with van der Waals surface area (Å²) >= 11 is 1.59. The smallest absolute Gasteiger partial charge is 0.872 e. The molecule has 1 aromatic heterocycles. The van der Waals surface area contributed by atoms with Crippen LogP contribution < -0.4 is 38.6 Å². The first-order valence-electron chi connectivity index (χ1n) is 9.66. The van der Waals surface area contributed by atoms with Gasteiger partial charge in [-0.05, 0) is 48.5 Å². The van der Waals surface area contributed by atoms with Crippen molar-refractivity contribution in [1.82, 2.24) is 0 Å². The Bertz CT molecular complexity index is 1340. The fourth-order valence-electron chi connectivity index (χ4n) is 3.86. The van der Waals surface area contributed by atoms with Crippen molar-refractivity contribution in [2.45, 2.75) is 0 Å². The Morgan fingerprint density at radius 1 is 0.774 bits per heavy atom. The van der Waals surface area contributed by atoms with Crippen LogP contribution in [-0.4, -0.2) is 0 Å². The van der Waals surface area contributed by atoms with Crippen LogP contribution in [-0.2, 0) is 0 Å². The van der Waals surface area contributed by atoms with E-state index in [4.69, 9.17) is 4.74 Å². The van der Waals surface area contributed by atoms with Gasteiger partial charge in [-0.15, -0.1) is 0 Å². The second kappa shape index (κ2) is 7.79. The number of anilines is 3. The molecule has 0 spiro atoms. The molecule has 0 unspecified atom stereocenters. The summed E-state index contributed by atoms with van der Waals surface area (Å²) in [4.78, 5) is 5.45. The van der Waals surface area contributed by atoms with E-state index in [1.165, 1.54) is 0 Å². The van der Waals surface area contributed by atoms with E-state index >= 15 is 0 Å². The number of thiazole rings is 1. The minimum atomic E-state index is -0.0169. The molecular weight excluding hydrogens is 399 g/mol. The number of rotatable bonds is 2. The molecule has 0 radical (unpaired) electrons. The van der Waals surface area contributed by atoms with Gasteiger partial charge in [0.15, 0.2) is 11.5 Å². The van der Waals surface area contributed by atoms with Gasteiger partial charge in [0.2, 0.25) is 5.52 Å². The van der Waals surface area contributed by atoms with E-state index in [2.05, 4.69) is 16.0 Å². The summed E-state index contributed by atoms with van der Waals surface area (Å²) in [6, 6.07) is 29.4.